The number of carbonyl (C=O) groups excluding carboxylic acids is 1. The molecule has 1 aromatic heterocycles. The van der Waals surface area contributed by atoms with E-state index in [4.69, 9.17) is 19.2 Å². The van der Waals surface area contributed by atoms with Gasteiger partial charge in [0.25, 0.3) is 5.56 Å². The van der Waals surface area contributed by atoms with E-state index in [1.165, 1.54) is 17.4 Å². The van der Waals surface area contributed by atoms with Gasteiger partial charge >= 0.3 is 5.97 Å². The van der Waals surface area contributed by atoms with Crippen LogP contribution in [0, 0.1) is 5.82 Å². The summed E-state index contributed by atoms with van der Waals surface area (Å²) in [7, 11) is 0. The van der Waals surface area contributed by atoms with E-state index >= 15 is 0 Å². The Labute approximate surface area is 269 Å². The predicted molar refractivity (Wildman–Crippen MR) is 176 cm³/mol. The van der Waals surface area contributed by atoms with E-state index in [-0.39, 0.29) is 24.6 Å². The Balaban J connectivity index is 1.47. The molecule has 0 aliphatic carbocycles. The van der Waals surface area contributed by atoms with E-state index in [0.717, 1.165) is 11.1 Å². The molecule has 5 aromatic rings. The lowest BCUT2D eigenvalue weighted by Crippen LogP contribution is -2.39. The molecule has 232 valence electrons. The summed E-state index contributed by atoms with van der Waals surface area (Å²) >= 11 is 1.24. The maximum absolute atomic E-state index is 14.2. The zero-order valence-corrected chi connectivity index (χ0v) is 26.1. The van der Waals surface area contributed by atoms with Gasteiger partial charge < -0.3 is 14.2 Å². The summed E-state index contributed by atoms with van der Waals surface area (Å²) in [5.41, 5.74) is 3.12. The fourth-order valence-corrected chi connectivity index (χ4v) is 6.32. The largest absolute Gasteiger partial charge is 0.490 e. The molecular formula is C37H31FN2O5S. The van der Waals surface area contributed by atoms with Crippen LogP contribution in [-0.2, 0) is 16.1 Å². The maximum Gasteiger partial charge on any atom is 0.338 e. The van der Waals surface area contributed by atoms with Gasteiger partial charge in [0.05, 0.1) is 35.1 Å². The average molecular weight is 635 g/mol. The predicted octanol–water partition coefficient (Wildman–Crippen LogP) is 6.05. The minimum absolute atomic E-state index is 0.0384. The first-order chi connectivity index (χ1) is 22.5. The van der Waals surface area contributed by atoms with Gasteiger partial charge in [-0.15, -0.1) is 0 Å². The van der Waals surface area contributed by atoms with Gasteiger partial charge in [-0.05, 0) is 49.2 Å². The second kappa shape index (κ2) is 13.8. The van der Waals surface area contributed by atoms with Crippen molar-refractivity contribution in [3.63, 3.8) is 0 Å². The first kappa shape index (κ1) is 30.7. The van der Waals surface area contributed by atoms with E-state index in [9.17, 15) is 14.0 Å². The number of ether oxygens (including phenoxy) is 3. The van der Waals surface area contributed by atoms with Crippen molar-refractivity contribution in [1.29, 1.82) is 0 Å². The number of carbonyl (C=O) groups is 1. The quantitative estimate of drug-likeness (QED) is 0.175. The lowest BCUT2D eigenvalue weighted by atomic mass is 9.93. The summed E-state index contributed by atoms with van der Waals surface area (Å²) in [6, 6.07) is 29.9. The van der Waals surface area contributed by atoms with Crippen LogP contribution in [0.3, 0.4) is 0 Å². The third kappa shape index (κ3) is 6.27. The molecule has 9 heteroatoms. The number of benzene rings is 4. The molecule has 0 radical (unpaired) electrons. The number of thiazole rings is 1. The van der Waals surface area contributed by atoms with Crippen molar-refractivity contribution in [1.82, 2.24) is 4.57 Å². The number of nitrogens with zero attached hydrogens (tertiary/aromatic N) is 2. The molecule has 0 bridgehead atoms. The third-order valence-corrected chi connectivity index (χ3v) is 8.38. The van der Waals surface area contributed by atoms with E-state index in [0.29, 0.717) is 49.8 Å². The van der Waals surface area contributed by atoms with Crippen molar-refractivity contribution < 1.29 is 23.4 Å². The summed E-state index contributed by atoms with van der Waals surface area (Å²) < 4.78 is 33.5. The molecular weight excluding hydrogens is 603 g/mol. The van der Waals surface area contributed by atoms with E-state index in [2.05, 4.69) is 0 Å². The Morgan fingerprint density at radius 1 is 0.891 bits per heavy atom. The van der Waals surface area contributed by atoms with Crippen molar-refractivity contribution in [2.24, 2.45) is 4.99 Å². The molecule has 1 aliphatic rings. The van der Waals surface area contributed by atoms with E-state index in [1.807, 2.05) is 73.7 Å². The molecule has 0 fully saturated rings. The molecule has 0 spiro atoms. The van der Waals surface area contributed by atoms with Gasteiger partial charge in [0.15, 0.2) is 16.3 Å². The first-order valence-electron chi connectivity index (χ1n) is 14.9. The molecule has 0 unspecified atom stereocenters. The summed E-state index contributed by atoms with van der Waals surface area (Å²) in [6.07, 6.45) is 1.77. The lowest BCUT2D eigenvalue weighted by Gasteiger charge is -2.25. The molecule has 6 rings (SSSR count). The number of esters is 1. The van der Waals surface area contributed by atoms with Crippen LogP contribution in [0.2, 0.25) is 0 Å². The topological polar surface area (TPSA) is 79.1 Å². The van der Waals surface area contributed by atoms with Crippen LogP contribution in [0.15, 0.2) is 118 Å². The third-order valence-electron chi connectivity index (χ3n) is 7.40. The van der Waals surface area contributed by atoms with Gasteiger partial charge in [0, 0.05) is 11.1 Å². The number of aromatic nitrogens is 1. The van der Waals surface area contributed by atoms with Crippen LogP contribution in [0.25, 0.3) is 11.8 Å². The van der Waals surface area contributed by atoms with Crippen LogP contribution < -0.4 is 24.4 Å². The van der Waals surface area contributed by atoms with Gasteiger partial charge in [-0.1, -0.05) is 96.3 Å². The van der Waals surface area contributed by atoms with Crippen molar-refractivity contribution in [2.75, 3.05) is 13.2 Å². The summed E-state index contributed by atoms with van der Waals surface area (Å²) in [6.45, 7) is 4.22. The van der Waals surface area contributed by atoms with E-state index in [1.54, 1.807) is 47.9 Å². The summed E-state index contributed by atoms with van der Waals surface area (Å²) in [5, 5.41) is 0. The molecule has 4 aromatic carbocycles. The lowest BCUT2D eigenvalue weighted by molar-refractivity contribution is -0.138. The smallest absolute Gasteiger partial charge is 0.338 e. The molecule has 0 saturated carbocycles. The molecule has 0 saturated heterocycles. The number of rotatable bonds is 10. The Bertz CT molecular complexity index is 2090. The van der Waals surface area contributed by atoms with Crippen LogP contribution in [0.1, 0.15) is 42.1 Å². The van der Waals surface area contributed by atoms with Crippen LogP contribution in [0.5, 0.6) is 11.5 Å². The van der Waals surface area contributed by atoms with Crippen LogP contribution in [0.4, 0.5) is 4.39 Å². The van der Waals surface area contributed by atoms with Gasteiger partial charge in [-0.25, -0.2) is 14.2 Å². The SMILES string of the molecule is CCOC(=O)C1=C(c2ccccc2)N=c2s/c(=C\c3ccc(OCc4ccccc4F)c(OCC)c3)c(=O)n2[C@@H]1c1ccccc1. The fraction of sp³-hybridized carbons (Fsp3) is 0.162. The minimum Gasteiger partial charge on any atom is -0.490 e. The highest BCUT2D eigenvalue weighted by Crippen LogP contribution is 2.35. The maximum atomic E-state index is 14.2. The van der Waals surface area contributed by atoms with Crippen molar-refractivity contribution >= 4 is 29.1 Å². The highest BCUT2D eigenvalue weighted by atomic mass is 32.1. The average Bonchev–Trinajstić information content (AvgIpc) is 3.39. The molecule has 1 atom stereocenters. The van der Waals surface area contributed by atoms with Crippen LogP contribution in [-0.4, -0.2) is 23.8 Å². The zero-order chi connectivity index (χ0) is 32.0. The Hall–Kier alpha value is -5.28. The van der Waals surface area contributed by atoms with Crippen LogP contribution >= 0.6 is 11.3 Å². The first-order valence-corrected chi connectivity index (χ1v) is 15.8. The number of halogens is 1. The van der Waals surface area contributed by atoms with Gasteiger partial charge in [-0.2, -0.15) is 0 Å². The summed E-state index contributed by atoms with van der Waals surface area (Å²) in [5.74, 6) is 0.0567. The number of hydrogen-bond donors (Lipinski definition) is 0. The Kier molecular flexibility index (Phi) is 9.21. The highest BCUT2D eigenvalue weighted by Gasteiger charge is 2.35. The van der Waals surface area contributed by atoms with Crippen molar-refractivity contribution in [3.05, 3.63) is 156 Å². The molecule has 1 aliphatic heterocycles. The fourth-order valence-electron chi connectivity index (χ4n) is 5.32. The Morgan fingerprint density at radius 3 is 2.33 bits per heavy atom. The Morgan fingerprint density at radius 2 is 1.61 bits per heavy atom. The molecule has 0 N–H and O–H groups in total. The van der Waals surface area contributed by atoms with Gasteiger partial charge in [0.1, 0.15) is 12.4 Å². The highest BCUT2D eigenvalue weighted by molar-refractivity contribution is 7.07. The molecule has 0 amide bonds. The number of hydrogen-bond acceptors (Lipinski definition) is 7. The monoisotopic (exact) mass is 634 g/mol. The molecule has 2 heterocycles. The minimum atomic E-state index is -0.748. The second-order valence-electron chi connectivity index (χ2n) is 10.4. The van der Waals surface area contributed by atoms with E-state index < -0.39 is 12.0 Å². The van der Waals surface area contributed by atoms with Crippen molar-refractivity contribution in [2.45, 2.75) is 26.5 Å². The van der Waals surface area contributed by atoms with Gasteiger partial charge in [0.2, 0.25) is 0 Å². The standard InChI is InChI=1S/C37H31FN2O5S/c1-3-43-30-21-24(19-20-29(30)45-23-27-17-11-12-18-28(27)38)22-31-35(41)40-34(26-15-9-6-10-16-26)32(36(42)44-4-2)33(39-37(40)46-31)25-13-7-5-8-14-25/h5-22,34H,3-4,23H2,1-2H3/b31-22-/t34-/m1/s1. The zero-order valence-electron chi connectivity index (χ0n) is 25.3. The normalized spacial score (nSPS) is 14.4. The summed E-state index contributed by atoms with van der Waals surface area (Å²) in [4.78, 5) is 33.1. The number of fused-ring (bicyclic) bond motifs is 1. The molecule has 7 nitrogen and oxygen atoms in total. The van der Waals surface area contributed by atoms with Gasteiger partial charge in [-0.3, -0.25) is 9.36 Å². The van der Waals surface area contributed by atoms with Crippen molar-refractivity contribution in [3.8, 4) is 11.5 Å². The molecule has 46 heavy (non-hydrogen) atoms. The second-order valence-corrected chi connectivity index (χ2v) is 11.4.